The normalized spacial score (nSPS) is 15.3. The molecule has 0 saturated carbocycles. The highest BCUT2D eigenvalue weighted by atomic mass is 16.5. The number of carbonyl (C=O) groups excluding carboxylic acids is 1. The molecule has 0 fully saturated rings. The molecule has 0 aliphatic heterocycles. The largest absolute Gasteiger partial charge is 0.465 e. The van der Waals surface area contributed by atoms with Crippen molar-refractivity contribution in [1.29, 1.82) is 5.26 Å². The minimum absolute atomic E-state index is 0.309. The second-order valence-corrected chi connectivity index (χ2v) is 3.46. The van der Waals surface area contributed by atoms with E-state index < -0.39 is 11.4 Å². The van der Waals surface area contributed by atoms with Crippen LogP contribution in [0.4, 0.5) is 0 Å². The lowest BCUT2D eigenvalue weighted by atomic mass is 9.78. The number of rotatable bonds is 5. The van der Waals surface area contributed by atoms with E-state index in [1.807, 2.05) is 13.8 Å². The van der Waals surface area contributed by atoms with Crippen molar-refractivity contribution in [3.8, 4) is 6.07 Å². The first-order chi connectivity index (χ1) is 7.08. The van der Waals surface area contributed by atoms with E-state index in [9.17, 15) is 10.1 Å². The van der Waals surface area contributed by atoms with E-state index in [2.05, 4.69) is 6.07 Å². The monoisotopic (exact) mass is 209 g/mol. The molecule has 1 atom stereocenters. The summed E-state index contributed by atoms with van der Waals surface area (Å²) in [6, 6.07) is 2.11. The molecule has 0 spiro atoms. The van der Waals surface area contributed by atoms with Crippen molar-refractivity contribution in [1.82, 2.24) is 0 Å². The van der Waals surface area contributed by atoms with E-state index in [0.29, 0.717) is 13.0 Å². The fraction of sp³-hybridized carbons (Fsp3) is 0.667. The van der Waals surface area contributed by atoms with Crippen molar-refractivity contribution >= 4 is 5.97 Å². The summed E-state index contributed by atoms with van der Waals surface area (Å²) in [6.45, 7) is 7.64. The molecule has 0 aromatic rings. The lowest BCUT2D eigenvalue weighted by molar-refractivity contribution is -0.150. The molecule has 3 nitrogen and oxygen atoms in total. The molecule has 0 heterocycles. The molecule has 0 N–H and O–H groups in total. The summed E-state index contributed by atoms with van der Waals surface area (Å²) in [5.41, 5.74) is -0.315. The Morgan fingerprint density at radius 2 is 2.13 bits per heavy atom. The van der Waals surface area contributed by atoms with Gasteiger partial charge in [-0.1, -0.05) is 19.4 Å². The summed E-state index contributed by atoms with van der Waals surface area (Å²) < 4.78 is 4.97. The first-order valence-corrected chi connectivity index (χ1v) is 5.30. The van der Waals surface area contributed by atoms with E-state index in [4.69, 9.17) is 4.74 Å². The number of allylic oxidation sites excluding steroid dienone is 1. The molecule has 15 heavy (non-hydrogen) atoms. The zero-order valence-corrected chi connectivity index (χ0v) is 9.96. The lowest BCUT2D eigenvalue weighted by Gasteiger charge is -2.24. The number of hydrogen-bond acceptors (Lipinski definition) is 3. The van der Waals surface area contributed by atoms with Gasteiger partial charge in [0.2, 0.25) is 0 Å². The van der Waals surface area contributed by atoms with Crippen molar-refractivity contribution in [2.45, 2.75) is 40.5 Å². The molecule has 0 aromatic heterocycles. The standard InChI is InChI=1S/C12H19NO2/c1-5-8-12(9-13,10(4)6-2)11(14)15-7-3/h6H,5,7-8H2,1-4H3/b10-6-/t12-/m0/s1. The molecule has 0 radical (unpaired) electrons. The number of ether oxygens (including phenoxy) is 1. The van der Waals surface area contributed by atoms with Crippen molar-refractivity contribution in [3.05, 3.63) is 11.6 Å². The topological polar surface area (TPSA) is 50.1 Å². The molecular formula is C12H19NO2. The molecule has 0 saturated heterocycles. The molecule has 84 valence electrons. The zero-order chi connectivity index (χ0) is 11.9. The summed E-state index contributed by atoms with van der Waals surface area (Å²) in [4.78, 5) is 11.8. The summed E-state index contributed by atoms with van der Waals surface area (Å²) in [7, 11) is 0. The molecule has 0 unspecified atom stereocenters. The molecular weight excluding hydrogens is 190 g/mol. The Labute approximate surface area is 91.7 Å². The van der Waals surface area contributed by atoms with E-state index in [-0.39, 0.29) is 0 Å². The van der Waals surface area contributed by atoms with Crippen LogP contribution in [0.5, 0.6) is 0 Å². The molecule has 0 aromatic carbocycles. The van der Waals surface area contributed by atoms with E-state index in [1.54, 1.807) is 19.9 Å². The summed E-state index contributed by atoms with van der Waals surface area (Å²) in [5.74, 6) is -0.426. The van der Waals surface area contributed by atoms with Crippen LogP contribution in [0.15, 0.2) is 11.6 Å². The van der Waals surface area contributed by atoms with Gasteiger partial charge in [0.25, 0.3) is 0 Å². The Morgan fingerprint density at radius 1 is 1.53 bits per heavy atom. The quantitative estimate of drug-likeness (QED) is 0.516. The van der Waals surface area contributed by atoms with Crippen LogP contribution in [-0.4, -0.2) is 12.6 Å². The maximum atomic E-state index is 11.8. The Morgan fingerprint density at radius 3 is 2.47 bits per heavy atom. The van der Waals surface area contributed by atoms with Crippen LogP contribution >= 0.6 is 0 Å². The van der Waals surface area contributed by atoms with Gasteiger partial charge in [0, 0.05) is 0 Å². The third-order valence-electron chi connectivity index (χ3n) is 2.55. The van der Waals surface area contributed by atoms with Crippen LogP contribution in [0.3, 0.4) is 0 Å². The van der Waals surface area contributed by atoms with Crippen molar-refractivity contribution in [2.24, 2.45) is 5.41 Å². The predicted molar refractivity (Wildman–Crippen MR) is 59.0 cm³/mol. The van der Waals surface area contributed by atoms with Gasteiger partial charge in [-0.15, -0.1) is 0 Å². The SMILES string of the molecule is C/C=C(/C)[C@@](C#N)(CCC)C(=O)OCC. The second-order valence-electron chi connectivity index (χ2n) is 3.46. The Hall–Kier alpha value is -1.30. The number of esters is 1. The van der Waals surface area contributed by atoms with E-state index in [0.717, 1.165) is 12.0 Å². The molecule has 0 bridgehead atoms. The number of carbonyl (C=O) groups is 1. The number of nitrogens with zero attached hydrogens (tertiary/aromatic N) is 1. The lowest BCUT2D eigenvalue weighted by Crippen LogP contribution is -2.32. The van der Waals surface area contributed by atoms with E-state index in [1.165, 1.54) is 0 Å². The maximum Gasteiger partial charge on any atom is 0.330 e. The van der Waals surface area contributed by atoms with Crippen LogP contribution < -0.4 is 0 Å². The third-order valence-corrected chi connectivity index (χ3v) is 2.55. The highest BCUT2D eigenvalue weighted by Crippen LogP contribution is 2.33. The van der Waals surface area contributed by atoms with Crippen molar-refractivity contribution in [2.75, 3.05) is 6.61 Å². The van der Waals surface area contributed by atoms with Gasteiger partial charge in [0.05, 0.1) is 12.7 Å². The molecule has 0 aliphatic rings. The Balaban J connectivity index is 5.17. The molecule has 0 aliphatic carbocycles. The predicted octanol–water partition coefficient (Wildman–Crippen LogP) is 2.83. The van der Waals surface area contributed by atoms with Gasteiger partial charge in [-0.2, -0.15) is 5.26 Å². The van der Waals surface area contributed by atoms with Gasteiger partial charge < -0.3 is 4.74 Å². The Kier molecular flexibility index (Phi) is 5.69. The van der Waals surface area contributed by atoms with Crippen molar-refractivity contribution < 1.29 is 9.53 Å². The Bertz CT molecular complexity index is 288. The van der Waals surface area contributed by atoms with Crippen LogP contribution in [0, 0.1) is 16.7 Å². The average Bonchev–Trinajstić information content (AvgIpc) is 2.25. The highest BCUT2D eigenvalue weighted by molar-refractivity contribution is 5.83. The van der Waals surface area contributed by atoms with Crippen molar-refractivity contribution in [3.63, 3.8) is 0 Å². The summed E-state index contributed by atoms with van der Waals surface area (Å²) >= 11 is 0. The van der Waals surface area contributed by atoms with Gasteiger partial charge in [0.15, 0.2) is 5.41 Å². The average molecular weight is 209 g/mol. The fourth-order valence-electron chi connectivity index (χ4n) is 1.53. The third kappa shape index (κ3) is 2.82. The van der Waals surface area contributed by atoms with Crippen LogP contribution in [0.25, 0.3) is 0 Å². The fourth-order valence-corrected chi connectivity index (χ4v) is 1.53. The van der Waals surface area contributed by atoms with Crippen LogP contribution in [-0.2, 0) is 9.53 Å². The van der Waals surface area contributed by atoms with Gasteiger partial charge in [-0.25, -0.2) is 4.79 Å². The minimum Gasteiger partial charge on any atom is -0.465 e. The van der Waals surface area contributed by atoms with Gasteiger partial charge >= 0.3 is 5.97 Å². The molecule has 0 amide bonds. The zero-order valence-electron chi connectivity index (χ0n) is 9.96. The molecule has 3 heteroatoms. The molecule has 0 rings (SSSR count). The van der Waals surface area contributed by atoms with Gasteiger partial charge in [-0.3, -0.25) is 0 Å². The van der Waals surface area contributed by atoms with E-state index >= 15 is 0 Å². The first kappa shape index (κ1) is 13.7. The summed E-state index contributed by atoms with van der Waals surface area (Å²) in [5, 5.41) is 9.21. The second kappa shape index (κ2) is 6.23. The number of hydrogen-bond donors (Lipinski definition) is 0. The maximum absolute atomic E-state index is 11.8. The van der Waals surface area contributed by atoms with Gasteiger partial charge in [0.1, 0.15) is 0 Å². The van der Waals surface area contributed by atoms with Gasteiger partial charge in [-0.05, 0) is 32.8 Å². The number of nitriles is 1. The smallest absolute Gasteiger partial charge is 0.330 e. The minimum atomic E-state index is -1.08. The highest BCUT2D eigenvalue weighted by Gasteiger charge is 2.40. The van der Waals surface area contributed by atoms with Crippen LogP contribution in [0.2, 0.25) is 0 Å². The van der Waals surface area contributed by atoms with Crippen LogP contribution in [0.1, 0.15) is 40.5 Å². The first-order valence-electron chi connectivity index (χ1n) is 5.30. The summed E-state index contributed by atoms with van der Waals surface area (Å²) in [6.07, 6.45) is 3.09.